The molecule has 0 aliphatic heterocycles. The van der Waals surface area contributed by atoms with Crippen LogP contribution < -0.4 is 5.32 Å². The number of alkyl halides is 1. The van der Waals surface area contributed by atoms with Gasteiger partial charge in [0, 0.05) is 24.0 Å². The molecule has 1 aromatic heterocycles. The molecule has 1 N–H and O–H groups in total. The summed E-state index contributed by atoms with van der Waals surface area (Å²) in [5, 5.41) is 4.18. The summed E-state index contributed by atoms with van der Waals surface area (Å²) in [6.07, 6.45) is 4.76. The van der Waals surface area contributed by atoms with E-state index in [0.717, 1.165) is 29.8 Å². The van der Waals surface area contributed by atoms with Crippen molar-refractivity contribution in [2.45, 2.75) is 32.6 Å². The number of anilines is 1. The highest BCUT2D eigenvalue weighted by atomic mass is 35.5. The Labute approximate surface area is 94.1 Å². The van der Waals surface area contributed by atoms with Gasteiger partial charge in [-0.1, -0.05) is 12.8 Å². The molecule has 0 aromatic carbocycles. The molecule has 0 aliphatic rings. The fourth-order valence-electron chi connectivity index (χ4n) is 1.14. The predicted molar refractivity (Wildman–Crippen MR) is 62.3 cm³/mol. The second kappa shape index (κ2) is 7.01. The normalized spacial score (nSPS) is 10.4. The lowest BCUT2D eigenvalue weighted by atomic mass is 10.2. The fraction of sp³-hybridized carbons (Fsp3) is 0.778. The lowest BCUT2D eigenvalue weighted by molar-refractivity contribution is 0.687. The molecule has 0 saturated heterocycles. The lowest BCUT2D eigenvalue weighted by Gasteiger charge is -2.00. The van der Waals surface area contributed by atoms with E-state index in [1.54, 1.807) is 0 Å². The first kappa shape index (κ1) is 11.7. The Hall–Kier alpha value is -0.350. The van der Waals surface area contributed by atoms with Gasteiger partial charge in [-0.05, 0) is 19.8 Å². The molecular formula is C9H16ClN3S. The SMILES string of the molecule is Cc1nsc(NCCCCCCCl)n1. The van der Waals surface area contributed by atoms with Crippen LogP contribution in [0.2, 0.25) is 0 Å². The highest BCUT2D eigenvalue weighted by Gasteiger charge is 1.97. The Bertz CT molecular complexity index is 252. The molecule has 3 nitrogen and oxygen atoms in total. The number of hydrogen-bond donors (Lipinski definition) is 1. The van der Waals surface area contributed by atoms with Crippen molar-refractivity contribution in [1.29, 1.82) is 0 Å². The molecule has 5 heteroatoms. The fourth-order valence-corrected chi connectivity index (χ4v) is 1.93. The van der Waals surface area contributed by atoms with Crippen LogP contribution in [-0.4, -0.2) is 21.8 Å². The molecular weight excluding hydrogens is 218 g/mol. The summed E-state index contributed by atoms with van der Waals surface area (Å²) in [5.74, 6) is 1.63. The molecule has 1 aromatic rings. The first-order valence-corrected chi connectivity index (χ1v) is 6.24. The molecule has 0 bridgehead atoms. The summed E-state index contributed by atoms with van der Waals surface area (Å²) in [6, 6.07) is 0. The number of aryl methyl sites for hydroxylation is 1. The maximum absolute atomic E-state index is 5.58. The van der Waals surface area contributed by atoms with Crippen molar-refractivity contribution < 1.29 is 0 Å². The molecule has 0 spiro atoms. The van der Waals surface area contributed by atoms with Gasteiger partial charge in [-0.2, -0.15) is 4.37 Å². The second-order valence-electron chi connectivity index (χ2n) is 3.18. The average molecular weight is 234 g/mol. The van der Waals surface area contributed by atoms with Crippen molar-refractivity contribution in [3.05, 3.63) is 5.82 Å². The van der Waals surface area contributed by atoms with E-state index in [2.05, 4.69) is 14.7 Å². The summed E-state index contributed by atoms with van der Waals surface area (Å²) in [6.45, 7) is 2.89. The van der Waals surface area contributed by atoms with Gasteiger partial charge in [0.2, 0.25) is 5.13 Å². The number of halogens is 1. The summed E-state index contributed by atoms with van der Waals surface area (Å²) in [7, 11) is 0. The van der Waals surface area contributed by atoms with Crippen molar-refractivity contribution in [3.8, 4) is 0 Å². The molecule has 0 fully saturated rings. The van der Waals surface area contributed by atoms with Gasteiger partial charge in [-0.3, -0.25) is 0 Å². The largest absolute Gasteiger partial charge is 0.360 e. The van der Waals surface area contributed by atoms with E-state index in [-0.39, 0.29) is 0 Å². The first-order chi connectivity index (χ1) is 6.83. The first-order valence-electron chi connectivity index (χ1n) is 4.93. The van der Waals surface area contributed by atoms with E-state index >= 15 is 0 Å². The van der Waals surface area contributed by atoms with Crippen molar-refractivity contribution in [2.75, 3.05) is 17.7 Å². The van der Waals surface area contributed by atoms with Gasteiger partial charge < -0.3 is 5.32 Å². The van der Waals surface area contributed by atoms with Crippen LogP contribution in [0.25, 0.3) is 0 Å². The van der Waals surface area contributed by atoms with Gasteiger partial charge in [-0.25, -0.2) is 4.98 Å². The van der Waals surface area contributed by atoms with Crippen LogP contribution in [0.3, 0.4) is 0 Å². The zero-order chi connectivity index (χ0) is 10.2. The van der Waals surface area contributed by atoms with Crippen LogP contribution in [0, 0.1) is 6.92 Å². The van der Waals surface area contributed by atoms with Gasteiger partial charge in [0.25, 0.3) is 0 Å². The zero-order valence-corrected chi connectivity index (χ0v) is 10.00. The van der Waals surface area contributed by atoms with Crippen LogP contribution >= 0.6 is 23.1 Å². The van der Waals surface area contributed by atoms with Gasteiger partial charge in [-0.15, -0.1) is 11.6 Å². The molecule has 0 atom stereocenters. The van der Waals surface area contributed by atoms with E-state index in [9.17, 15) is 0 Å². The van der Waals surface area contributed by atoms with Gasteiger partial charge >= 0.3 is 0 Å². The van der Waals surface area contributed by atoms with E-state index in [0.29, 0.717) is 0 Å². The minimum atomic E-state index is 0.781. The van der Waals surface area contributed by atoms with E-state index in [4.69, 9.17) is 11.6 Å². The van der Waals surface area contributed by atoms with Gasteiger partial charge in [0.1, 0.15) is 5.82 Å². The molecule has 1 rings (SSSR count). The number of hydrogen-bond acceptors (Lipinski definition) is 4. The Balaban J connectivity index is 1.99. The van der Waals surface area contributed by atoms with E-state index in [1.807, 2.05) is 6.92 Å². The quantitative estimate of drug-likeness (QED) is 0.581. The number of nitrogens with one attached hydrogen (secondary N) is 1. The molecule has 0 amide bonds. The molecule has 80 valence electrons. The molecule has 0 unspecified atom stereocenters. The van der Waals surface area contributed by atoms with Gasteiger partial charge in [0.15, 0.2) is 0 Å². The third kappa shape index (κ3) is 4.77. The Kier molecular flexibility index (Phi) is 5.87. The lowest BCUT2D eigenvalue weighted by Crippen LogP contribution is -2.00. The highest BCUT2D eigenvalue weighted by molar-refractivity contribution is 7.09. The molecule has 1 heterocycles. The Morgan fingerprint density at radius 3 is 2.71 bits per heavy atom. The second-order valence-corrected chi connectivity index (χ2v) is 4.31. The Morgan fingerprint density at radius 2 is 2.07 bits per heavy atom. The molecule has 0 radical (unpaired) electrons. The maximum atomic E-state index is 5.58. The number of nitrogens with zero attached hydrogens (tertiary/aromatic N) is 2. The van der Waals surface area contributed by atoms with E-state index in [1.165, 1.54) is 30.8 Å². The predicted octanol–water partition coefficient (Wildman–Crippen LogP) is 3.06. The van der Waals surface area contributed by atoms with Crippen LogP contribution in [-0.2, 0) is 0 Å². The van der Waals surface area contributed by atoms with Crippen LogP contribution in [0.15, 0.2) is 0 Å². The standard InChI is InChI=1S/C9H16ClN3S/c1-8-12-9(14-13-8)11-7-5-3-2-4-6-10/h2-7H2,1H3,(H,11,12,13). The van der Waals surface area contributed by atoms with Crippen LogP contribution in [0.5, 0.6) is 0 Å². The third-order valence-corrected chi connectivity index (χ3v) is 2.90. The number of unbranched alkanes of at least 4 members (excludes halogenated alkanes) is 3. The van der Waals surface area contributed by atoms with E-state index < -0.39 is 0 Å². The molecule has 14 heavy (non-hydrogen) atoms. The van der Waals surface area contributed by atoms with Crippen molar-refractivity contribution in [3.63, 3.8) is 0 Å². The minimum absolute atomic E-state index is 0.781. The zero-order valence-electron chi connectivity index (χ0n) is 8.42. The molecule has 0 saturated carbocycles. The molecule has 0 aliphatic carbocycles. The highest BCUT2D eigenvalue weighted by Crippen LogP contribution is 2.10. The number of aromatic nitrogens is 2. The summed E-state index contributed by atoms with van der Waals surface area (Å²) in [5.41, 5.74) is 0. The van der Waals surface area contributed by atoms with Crippen molar-refractivity contribution in [2.24, 2.45) is 0 Å². The topological polar surface area (TPSA) is 37.8 Å². The summed E-state index contributed by atoms with van der Waals surface area (Å²) >= 11 is 7.01. The third-order valence-electron chi connectivity index (χ3n) is 1.86. The smallest absolute Gasteiger partial charge is 0.202 e. The van der Waals surface area contributed by atoms with Crippen LogP contribution in [0.1, 0.15) is 31.5 Å². The van der Waals surface area contributed by atoms with Crippen molar-refractivity contribution in [1.82, 2.24) is 9.36 Å². The van der Waals surface area contributed by atoms with Crippen LogP contribution in [0.4, 0.5) is 5.13 Å². The minimum Gasteiger partial charge on any atom is -0.360 e. The maximum Gasteiger partial charge on any atom is 0.202 e. The van der Waals surface area contributed by atoms with Crippen molar-refractivity contribution >= 4 is 28.3 Å². The van der Waals surface area contributed by atoms with Gasteiger partial charge in [0.05, 0.1) is 0 Å². The Morgan fingerprint density at radius 1 is 1.29 bits per heavy atom. The average Bonchev–Trinajstić information content (AvgIpc) is 2.58. The summed E-state index contributed by atoms with van der Waals surface area (Å²) < 4.78 is 4.10. The number of rotatable bonds is 7. The monoisotopic (exact) mass is 233 g/mol. The summed E-state index contributed by atoms with van der Waals surface area (Å²) in [4.78, 5) is 4.22.